The highest BCUT2D eigenvalue weighted by Gasteiger charge is 2.16. The maximum absolute atomic E-state index is 5.64. The van der Waals surface area contributed by atoms with Crippen LogP contribution in [0, 0.1) is 12.8 Å². The van der Waals surface area contributed by atoms with Crippen LogP contribution in [-0.4, -0.2) is 27.3 Å². The van der Waals surface area contributed by atoms with Crippen molar-refractivity contribution in [1.82, 2.24) is 15.2 Å². The molecule has 0 aliphatic carbocycles. The first kappa shape index (κ1) is 16.0. The normalized spacial score (nSPS) is 13.3. The Morgan fingerprint density at radius 2 is 2.11 bits per heavy atom. The molecule has 3 N–H and O–H groups in total. The second-order valence-electron chi connectivity index (χ2n) is 4.97. The summed E-state index contributed by atoms with van der Waals surface area (Å²) >= 11 is 5.54. The van der Waals surface area contributed by atoms with E-state index in [1.807, 2.05) is 30.4 Å². The van der Waals surface area contributed by atoms with E-state index in [9.17, 15) is 0 Å². The lowest BCUT2D eigenvalue weighted by Crippen LogP contribution is -2.39. The predicted octanol–water partition coefficient (Wildman–Crippen LogP) is 2.25. The zero-order chi connectivity index (χ0) is 13.7. The first-order chi connectivity index (χ1) is 8.45. The number of hydrogen-bond acceptors (Lipinski definition) is 4. The van der Waals surface area contributed by atoms with Gasteiger partial charge in [0.25, 0.3) is 0 Å². The number of nitrogens with zero attached hydrogens (tertiary/aromatic N) is 2. The van der Waals surface area contributed by atoms with E-state index in [0.29, 0.717) is 0 Å². The molecule has 0 bridgehead atoms. The summed E-state index contributed by atoms with van der Waals surface area (Å²) in [5.41, 5.74) is 5.13. The lowest BCUT2D eigenvalue weighted by molar-refractivity contribution is 0.549. The van der Waals surface area contributed by atoms with Crippen LogP contribution in [0.15, 0.2) is 4.47 Å². The lowest BCUT2D eigenvalue weighted by atomic mass is 10.2. The van der Waals surface area contributed by atoms with Crippen molar-refractivity contribution >= 4 is 27.7 Å². The summed E-state index contributed by atoms with van der Waals surface area (Å²) in [6.45, 7) is 6.48. The molecule has 1 rings (SSSR count). The van der Waals surface area contributed by atoms with Crippen molar-refractivity contribution < 1.29 is 0 Å². The molecule has 1 unspecified atom stereocenters. The highest BCUT2D eigenvalue weighted by Crippen LogP contribution is 2.22. The SMILES string of the molecule is Cc1nn(C)c(CC(CSCC(C)C)NN)c1Br. The van der Waals surface area contributed by atoms with Gasteiger partial charge in [-0.3, -0.25) is 16.0 Å². The van der Waals surface area contributed by atoms with Gasteiger partial charge in [0.2, 0.25) is 0 Å². The van der Waals surface area contributed by atoms with Gasteiger partial charge in [-0.05, 0) is 34.5 Å². The van der Waals surface area contributed by atoms with Crippen molar-refractivity contribution in [1.29, 1.82) is 0 Å². The minimum absolute atomic E-state index is 0.278. The third kappa shape index (κ3) is 4.57. The maximum Gasteiger partial charge on any atom is 0.0738 e. The number of rotatable bonds is 7. The number of halogens is 1. The van der Waals surface area contributed by atoms with Crippen LogP contribution in [0.5, 0.6) is 0 Å². The van der Waals surface area contributed by atoms with Gasteiger partial charge < -0.3 is 0 Å². The van der Waals surface area contributed by atoms with E-state index in [4.69, 9.17) is 5.84 Å². The fraction of sp³-hybridized carbons (Fsp3) is 0.750. The monoisotopic (exact) mass is 334 g/mol. The average molecular weight is 335 g/mol. The summed E-state index contributed by atoms with van der Waals surface area (Å²) in [7, 11) is 1.97. The Balaban J connectivity index is 2.57. The van der Waals surface area contributed by atoms with E-state index >= 15 is 0 Å². The van der Waals surface area contributed by atoms with E-state index in [-0.39, 0.29) is 6.04 Å². The molecule has 0 aliphatic heterocycles. The third-order valence-electron chi connectivity index (χ3n) is 2.71. The molecule has 4 nitrogen and oxygen atoms in total. The van der Waals surface area contributed by atoms with E-state index < -0.39 is 0 Å². The fourth-order valence-electron chi connectivity index (χ4n) is 1.75. The average Bonchev–Trinajstić information content (AvgIpc) is 2.53. The van der Waals surface area contributed by atoms with Gasteiger partial charge in [0, 0.05) is 25.3 Å². The van der Waals surface area contributed by atoms with Crippen LogP contribution >= 0.6 is 27.7 Å². The molecule has 0 saturated heterocycles. The Morgan fingerprint density at radius 1 is 1.44 bits per heavy atom. The molecular weight excluding hydrogens is 312 g/mol. The van der Waals surface area contributed by atoms with Crippen LogP contribution in [0.2, 0.25) is 0 Å². The van der Waals surface area contributed by atoms with Crippen LogP contribution in [0.3, 0.4) is 0 Å². The molecule has 0 fully saturated rings. The summed E-state index contributed by atoms with van der Waals surface area (Å²) in [6, 6.07) is 0.278. The topological polar surface area (TPSA) is 55.9 Å². The number of nitrogens with two attached hydrogens (primary N) is 1. The summed E-state index contributed by atoms with van der Waals surface area (Å²) in [6.07, 6.45) is 0.888. The molecule has 18 heavy (non-hydrogen) atoms. The van der Waals surface area contributed by atoms with E-state index in [0.717, 1.165) is 28.3 Å². The van der Waals surface area contributed by atoms with Crippen molar-refractivity contribution in [3.05, 3.63) is 15.9 Å². The van der Waals surface area contributed by atoms with Crippen LogP contribution in [0.1, 0.15) is 25.2 Å². The molecule has 0 aliphatic rings. The summed E-state index contributed by atoms with van der Waals surface area (Å²) in [4.78, 5) is 0. The van der Waals surface area contributed by atoms with Crippen LogP contribution in [0.4, 0.5) is 0 Å². The number of aromatic nitrogens is 2. The van der Waals surface area contributed by atoms with Crippen molar-refractivity contribution in [3.63, 3.8) is 0 Å². The van der Waals surface area contributed by atoms with Gasteiger partial charge in [0.15, 0.2) is 0 Å². The molecule has 0 saturated carbocycles. The number of hydrogen-bond donors (Lipinski definition) is 2. The minimum Gasteiger partial charge on any atom is -0.271 e. The Bertz CT molecular complexity index is 378. The van der Waals surface area contributed by atoms with E-state index in [2.05, 4.69) is 40.3 Å². The minimum atomic E-state index is 0.278. The second kappa shape index (κ2) is 7.53. The highest BCUT2D eigenvalue weighted by atomic mass is 79.9. The largest absolute Gasteiger partial charge is 0.271 e. The van der Waals surface area contributed by atoms with E-state index in [1.165, 1.54) is 11.4 Å². The van der Waals surface area contributed by atoms with Gasteiger partial charge in [0.05, 0.1) is 15.9 Å². The predicted molar refractivity (Wildman–Crippen MR) is 82.6 cm³/mol. The molecular formula is C12H23BrN4S. The number of nitrogens with one attached hydrogen (secondary N) is 1. The van der Waals surface area contributed by atoms with Crippen LogP contribution < -0.4 is 11.3 Å². The molecule has 104 valence electrons. The molecule has 0 radical (unpaired) electrons. The Kier molecular flexibility index (Phi) is 6.70. The summed E-state index contributed by atoms with van der Waals surface area (Å²) in [5, 5.41) is 4.40. The van der Waals surface area contributed by atoms with Gasteiger partial charge >= 0.3 is 0 Å². The first-order valence-electron chi connectivity index (χ1n) is 6.17. The Hall–Kier alpha value is -0.0400. The molecule has 0 spiro atoms. The van der Waals surface area contributed by atoms with Gasteiger partial charge in [0.1, 0.15) is 0 Å². The molecule has 0 aromatic carbocycles. The number of thioether (sulfide) groups is 1. The standard InChI is InChI=1S/C12H23BrN4S/c1-8(2)6-18-7-10(15-14)5-11-12(13)9(3)16-17(11)4/h8,10,15H,5-7,14H2,1-4H3. The van der Waals surface area contributed by atoms with Gasteiger partial charge in [-0.15, -0.1) is 0 Å². The van der Waals surface area contributed by atoms with Gasteiger partial charge in [-0.25, -0.2) is 0 Å². The Morgan fingerprint density at radius 3 is 2.56 bits per heavy atom. The molecule has 1 heterocycles. The number of hydrazine groups is 1. The van der Waals surface area contributed by atoms with Gasteiger partial charge in [-0.2, -0.15) is 16.9 Å². The quantitative estimate of drug-likeness (QED) is 0.593. The zero-order valence-electron chi connectivity index (χ0n) is 11.5. The highest BCUT2D eigenvalue weighted by molar-refractivity contribution is 9.10. The van der Waals surface area contributed by atoms with Crippen molar-refractivity contribution in [2.75, 3.05) is 11.5 Å². The maximum atomic E-state index is 5.64. The van der Waals surface area contributed by atoms with Crippen LogP contribution in [0.25, 0.3) is 0 Å². The number of aryl methyl sites for hydroxylation is 2. The smallest absolute Gasteiger partial charge is 0.0738 e. The molecule has 0 amide bonds. The molecule has 6 heteroatoms. The first-order valence-corrected chi connectivity index (χ1v) is 8.12. The van der Waals surface area contributed by atoms with E-state index in [1.54, 1.807) is 0 Å². The summed E-state index contributed by atoms with van der Waals surface area (Å²) in [5.74, 6) is 8.55. The van der Waals surface area contributed by atoms with Crippen molar-refractivity contribution in [3.8, 4) is 0 Å². The second-order valence-corrected chi connectivity index (χ2v) is 6.84. The molecule has 1 aromatic rings. The van der Waals surface area contributed by atoms with Gasteiger partial charge in [-0.1, -0.05) is 13.8 Å². The lowest BCUT2D eigenvalue weighted by Gasteiger charge is -2.16. The third-order valence-corrected chi connectivity index (χ3v) is 5.28. The zero-order valence-corrected chi connectivity index (χ0v) is 13.9. The fourth-order valence-corrected chi connectivity index (χ4v) is 3.35. The summed E-state index contributed by atoms with van der Waals surface area (Å²) < 4.78 is 3.02. The molecule has 1 atom stereocenters. The van der Waals surface area contributed by atoms with Crippen molar-refractivity contribution in [2.45, 2.75) is 33.2 Å². The van der Waals surface area contributed by atoms with Crippen LogP contribution in [-0.2, 0) is 13.5 Å². The molecule has 1 aromatic heterocycles. The van der Waals surface area contributed by atoms with Crippen molar-refractivity contribution in [2.24, 2.45) is 18.8 Å². The Labute approximate surface area is 122 Å².